The van der Waals surface area contributed by atoms with Gasteiger partial charge in [-0.3, -0.25) is 10.1 Å². The number of nitro groups is 1. The summed E-state index contributed by atoms with van der Waals surface area (Å²) in [7, 11) is 0. The van der Waals surface area contributed by atoms with E-state index in [9.17, 15) is 10.1 Å². The van der Waals surface area contributed by atoms with E-state index in [2.05, 4.69) is 15.9 Å². The molecule has 1 aromatic heterocycles. The fraction of sp³-hybridized carbons (Fsp3) is 0.348. The Kier molecular flexibility index (Phi) is 5.31. The molecule has 0 unspecified atom stereocenters. The lowest BCUT2D eigenvalue weighted by Crippen LogP contribution is -2.51. The zero-order valence-corrected chi connectivity index (χ0v) is 20.6. The van der Waals surface area contributed by atoms with Gasteiger partial charge in [0.2, 0.25) is 0 Å². The molecular weight excluding hydrogens is 479 g/mol. The Morgan fingerprint density at radius 2 is 1.78 bits per heavy atom. The van der Waals surface area contributed by atoms with Crippen molar-refractivity contribution in [3.63, 3.8) is 0 Å². The third-order valence-corrected chi connectivity index (χ3v) is 7.34. The maximum absolute atomic E-state index is 16.2. The summed E-state index contributed by atoms with van der Waals surface area (Å²) >= 11 is 3.38. The summed E-state index contributed by atoms with van der Waals surface area (Å²) in [6.45, 7) is 7.02. The third-order valence-electron chi connectivity index (χ3n) is 6.88. The molecule has 2 aliphatic heterocycles. The molecule has 0 N–H and O–H groups in total. The summed E-state index contributed by atoms with van der Waals surface area (Å²) < 4.78 is 35.3. The standard InChI is InChI=1S/C23H25BBrF2N3O2/c1-7-19-12(3)22-21(16-9-17(25)11-18(10-16)30(31)32)23-13(4)20(8-2)15(6)29(23)24(26,27)28(22)14(19)5/h9-11H,7-8H2,1-6H3. The van der Waals surface area contributed by atoms with Crippen molar-refractivity contribution >= 4 is 39.9 Å². The molecule has 2 aromatic rings. The number of halogens is 3. The van der Waals surface area contributed by atoms with Crippen LogP contribution in [0.3, 0.4) is 0 Å². The van der Waals surface area contributed by atoms with Gasteiger partial charge in [0.1, 0.15) is 5.71 Å². The van der Waals surface area contributed by atoms with Crippen molar-refractivity contribution in [1.29, 1.82) is 0 Å². The molecule has 5 nitrogen and oxygen atoms in total. The van der Waals surface area contributed by atoms with Crippen LogP contribution >= 0.6 is 15.9 Å². The lowest BCUT2D eigenvalue weighted by Gasteiger charge is -2.34. The highest BCUT2D eigenvalue weighted by atomic mass is 79.9. The minimum Gasteiger partial charge on any atom is -0.393 e. The minimum atomic E-state index is -4.12. The number of nitrogens with zero attached hydrogens (tertiary/aromatic N) is 3. The molecule has 0 bridgehead atoms. The number of hydrogen-bond donors (Lipinski definition) is 0. The smallest absolute Gasteiger partial charge is 0.393 e. The first-order valence-electron chi connectivity index (χ1n) is 10.7. The number of aromatic nitrogens is 1. The number of hydrogen-bond acceptors (Lipinski definition) is 2. The number of benzene rings is 1. The number of nitro benzene ring substituents is 1. The van der Waals surface area contributed by atoms with Crippen molar-refractivity contribution < 1.29 is 18.0 Å². The minimum absolute atomic E-state index is 0.0869. The van der Waals surface area contributed by atoms with Gasteiger partial charge in [0, 0.05) is 40.4 Å². The second-order valence-corrected chi connectivity index (χ2v) is 9.36. The molecule has 32 heavy (non-hydrogen) atoms. The van der Waals surface area contributed by atoms with E-state index in [1.165, 1.54) is 21.1 Å². The van der Waals surface area contributed by atoms with Crippen molar-refractivity contribution in [2.75, 3.05) is 0 Å². The monoisotopic (exact) mass is 503 g/mol. The number of rotatable bonds is 4. The first-order chi connectivity index (χ1) is 15.0. The largest absolute Gasteiger partial charge is 0.737 e. The van der Waals surface area contributed by atoms with Crippen molar-refractivity contribution in [2.45, 2.75) is 54.4 Å². The van der Waals surface area contributed by atoms with E-state index >= 15 is 8.63 Å². The zero-order chi connectivity index (χ0) is 23.7. The van der Waals surface area contributed by atoms with Crippen LogP contribution in [0.15, 0.2) is 39.5 Å². The van der Waals surface area contributed by atoms with Crippen molar-refractivity contribution in [3.05, 3.63) is 77.7 Å². The van der Waals surface area contributed by atoms with E-state index in [0.717, 1.165) is 22.3 Å². The summed E-state index contributed by atoms with van der Waals surface area (Å²) in [5.74, 6) is 0. The molecule has 0 spiro atoms. The first-order valence-corrected chi connectivity index (χ1v) is 11.5. The van der Waals surface area contributed by atoms with Gasteiger partial charge in [0.25, 0.3) is 5.69 Å². The molecule has 0 saturated carbocycles. The third kappa shape index (κ3) is 2.90. The van der Waals surface area contributed by atoms with Crippen LogP contribution in [0, 0.1) is 24.0 Å². The highest BCUT2D eigenvalue weighted by molar-refractivity contribution is 9.10. The SMILES string of the molecule is CCC1=C(C)C2=C(c3cc(Br)cc([N+](=O)[O-])c3)c3c(C)c(CC)c(C)n3[B-](F)(F)[N+]2=C1C. The molecule has 0 radical (unpaired) electrons. The zero-order valence-electron chi connectivity index (χ0n) is 19.0. The van der Waals surface area contributed by atoms with Crippen molar-refractivity contribution in [1.82, 2.24) is 4.48 Å². The summed E-state index contributed by atoms with van der Waals surface area (Å²) in [6.07, 6.45) is 1.26. The van der Waals surface area contributed by atoms with E-state index in [-0.39, 0.29) is 5.69 Å². The van der Waals surface area contributed by atoms with Gasteiger partial charge in [0.15, 0.2) is 5.70 Å². The predicted molar refractivity (Wildman–Crippen MR) is 127 cm³/mol. The van der Waals surface area contributed by atoms with Crippen LogP contribution in [0.4, 0.5) is 14.3 Å². The number of fused-ring (bicyclic) bond motifs is 2. The van der Waals surface area contributed by atoms with Gasteiger partial charge < -0.3 is 17.6 Å². The predicted octanol–water partition coefficient (Wildman–Crippen LogP) is 6.55. The average Bonchev–Trinajstić information content (AvgIpc) is 3.12. The second kappa shape index (κ2) is 7.51. The normalized spacial score (nSPS) is 17.3. The molecule has 1 aromatic carbocycles. The van der Waals surface area contributed by atoms with Gasteiger partial charge in [-0.25, -0.2) is 0 Å². The summed E-state index contributed by atoms with van der Waals surface area (Å²) in [6, 6.07) is 4.68. The van der Waals surface area contributed by atoms with Gasteiger partial charge in [-0.15, -0.1) is 0 Å². The highest BCUT2D eigenvalue weighted by Gasteiger charge is 2.56. The molecule has 2 aliphatic rings. The summed E-state index contributed by atoms with van der Waals surface area (Å²) in [5.41, 5.74) is 6.44. The summed E-state index contributed by atoms with van der Waals surface area (Å²) in [4.78, 5) is 11.1. The Bertz CT molecular complexity index is 1300. The van der Waals surface area contributed by atoms with E-state index in [1.54, 1.807) is 19.9 Å². The topological polar surface area (TPSA) is 51.1 Å². The van der Waals surface area contributed by atoms with Crippen LogP contribution < -0.4 is 0 Å². The quantitative estimate of drug-likeness (QED) is 0.270. The van der Waals surface area contributed by atoms with Crippen molar-refractivity contribution in [2.24, 2.45) is 0 Å². The Morgan fingerprint density at radius 1 is 1.12 bits per heavy atom. The van der Waals surface area contributed by atoms with Crippen LogP contribution in [-0.2, 0) is 6.42 Å². The molecule has 3 heterocycles. The van der Waals surface area contributed by atoms with Crippen LogP contribution in [0.25, 0.3) is 5.57 Å². The van der Waals surface area contributed by atoms with Gasteiger partial charge in [-0.05, 0) is 62.1 Å². The molecule has 4 rings (SSSR count). The van der Waals surface area contributed by atoms with E-state index < -0.39 is 11.9 Å². The Labute approximate surface area is 194 Å². The lowest BCUT2D eigenvalue weighted by molar-refractivity contribution is -0.385. The Morgan fingerprint density at radius 3 is 2.34 bits per heavy atom. The molecule has 0 atom stereocenters. The molecular formula is C23H25BBrF2N3O2. The maximum Gasteiger partial charge on any atom is 0.737 e. The average molecular weight is 504 g/mol. The van der Waals surface area contributed by atoms with Gasteiger partial charge >= 0.3 is 6.97 Å². The molecule has 9 heteroatoms. The van der Waals surface area contributed by atoms with Crippen LogP contribution in [0.2, 0.25) is 0 Å². The first kappa shape index (κ1) is 22.6. The summed E-state index contributed by atoms with van der Waals surface area (Å²) in [5, 5.41) is 11.6. The Hall–Kier alpha value is -2.55. The van der Waals surface area contributed by atoms with Gasteiger partial charge in [-0.1, -0.05) is 29.8 Å². The molecule has 0 amide bonds. The maximum atomic E-state index is 16.2. The molecule has 0 saturated heterocycles. The van der Waals surface area contributed by atoms with Crippen LogP contribution in [0.5, 0.6) is 0 Å². The van der Waals surface area contributed by atoms with Gasteiger partial charge in [0.05, 0.1) is 10.5 Å². The Balaban J connectivity index is 2.24. The molecule has 0 fully saturated rings. The van der Waals surface area contributed by atoms with Crippen molar-refractivity contribution in [3.8, 4) is 0 Å². The number of allylic oxidation sites excluding steroid dienone is 2. The molecule has 0 aliphatic carbocycles. The highest BCUT2D eigenvalue weighted by Crippen LogP contribution is 2.47. The molecule has 168 valence electrons. The van der Waals surface area contributed by atoms with E-state index in [0.29, 0.717) is 51.2 Å². The van der Waals surface area contributed by atoms with Crippen LogP contribution in [-0.4, -0.2) is 26.6 Å². The van der Waals surface area contributed by atoms with E-state index in [1.807, 2.05) is 27.7 Å². The van der Waals surface area contributed by atoms with E-state index in [4.69, 9.17) is 0 Å². The van der Waals surface area contributed by atoms with Crippen LogP contribution in [0.1, 0.15) is 62.2 Å². The fourth-order valence-corrected chi connectivity index (χ4v) is 6.06. The fourth-order valence-electron chi connectivity index (χ4n) is 5.58. The lowest BCUT2D eigenvalue weighted by atomic mass is 9.83. The van der Waals surface area contributed by atoms with Gasteiger partial charge in [-0.2, -0.15) is 0 Å². The number of non-ortho nitro benzene ring substituents is 1. The second-order valence-electron chi connectivity index (χ2n) is 8.44.